The summed E-state index contributed by atoms with van der Waals surface area (Å²) in [5.74, 6) is 1.40. The summed E-state index contributed by atoms with van der Waals surface area (Å²) in [5, 5.41) is 0.632. The van der Waals surface area contributed by atoms with Crippen LogP contribution in [0.1, 0.15) is 19.8 Å². The Balaban J connectivity index is 1.30. The second-order valence-corrected chi connectivity index (χ2v) is 13.0. The number of anilines is 1. The number of aromatic nitrogens is 1. The maximum absolute atomic E-state index is 13.6. The average Bonchev–Trinajstić information content (AvgIpc) is 2.99. The quantitative estimate of drug-likeness (QED) is 0.246. The summed E-state index contributed by atoms with van der Waals surface area (Å²) in [6.45, 7) is 7.35. The lowest BCUT2D eigenvalue weighted by Gasteiger charge is -2.32. The molecule has 1 aliphatic carbocycles. The summed E-state index contributed by atoms with van der Waals surface area (Å²) in [6.07, 6.45) is -0.428. The molecule has 3 aromatic rings. The van der Waals surface area contributed by atoms with Crippen LogP contribution in [-0.4, -0.2) is 82.9 Å². The van der Waals surface area contributed by atoms with E-state index in [2.05, 4.69) is 26.6 Å². The van der Waals surface area contributed by atoms with Crippen molar-refractivity contribution in [2.45, 2.75) is 25.9 Å². The van der Waals surface area contributed by atoms with Crippen molar-refractivity contribution >= 4 is 26.6 Å². The molecular weight excluding hydrogens is 609 g/mol. The predicted octanol–water partition coefficient (Wildman–Crippen LogP) is 6.21. The number of likely N-dealkylation sites (N-methyl/N-ethyl adjacent to an activating group) is 1. The number of nitrogens with zero attached hydrogens (tertiary/aromatic N) is 3. The van der Waals surface area contributed by atoms with Crippen LogP contribution in [0.15, 0.2) is 71.3 Å². The number of rotatable bonds is 11. The first-order chi connectivity index (χ1) is 21.4. The van der Waals surface area contributed by atoms with Gasteiger partial charge in [0.15, 0.2) is 11.5 Å². The number of allylic oxidation sites excluding steroid dienone is 4. The van der Waals surface area contributed by atoms with Crippen LogP contribution < -0.4 is 18.9 Å². The molecule has 1 unspecified atom stereocenters. The lowest BCUT2D eigenvalue weighted by atomic mass is 9.98. The summed E-state index contributed by atoms with van der Waals surface area (Å²) >= 11 is 0. The highest BCUT2D eigenvalue weighted by Gasteiger charge is 2.40. The fourth-order valence-electron chi connectivity index (χ4n) is 5.33. The third kappa shape index (κ3) is 8.08. The maximum Gasteiger partial charge on any atom is 0.417 e. The fourth-order valence-corrected chi connectivity index (χ4v) is 6.85. The van der Waals surface area contributed by atoms with E-state index in [1.54, 1.807) is 50.6 Å². The molecule has 1 N–H and O–H groups in total. The molecule has 9 nitrogen and oxygen atoms in total. The lowest BCUT2D eigenvalue weighted by molar-refractivity contribution is -0.0890. The van der Waals surface area contributed by atoms with Crippen LogP contribution in [-0.2, 0) is 10.0 Å². The molecule has 1 saturated heterocycles. The zero-order chi connectivity index (χ0) is 32.2. The minimum atomic E-state index is -4.80. The van der Waals surface area contributed by atoms with E-state index in [1.807, 2.05) is 0 Å². The van der Waals surface area contributed by atoms with E-state index in [4.69, 9.17) is 14.2 Å². The van der Waals surface area contributed by atoms with Gasteiger partial charge < -0.3 is 24.0 Å². The van der Waals surface area contributed by atoms with Gasteiger partial charge in [-0.25, -0.2) is 8.42 Å². The van der Waals surface area contributed by atoms with Gasteiger partial charge in [0.1, 0.15) is 11.5 Å². The average molecular weight is 647 g/mol. The molecular formula is C32H37F3N4O5S. The third-order valence-electron chi connectivity index (χ3n) is 7.80. The Morgan fingerprint density at radius 1 is 1.04 bits per heavy atom. The van der Waals surface area contributed by atoms with Gasteiger partial charge in [0.2, 0.25) is 0 Å². The summed E-state index contributed by atoms with van der Waals surface area (Å²) in [6, 6.07) is 11.2. The number of alkyl halides is 3. The van der Waals surface area contributed by atoms with E-state index < -0.39 is 26.7 Å². The van der Waals surface area contributed by atoms with Crippen molar-refractivity contribution in [1.29, 1.82) is 0 Å². The second-order valence-electron chi connectivity index (χ2n) is 11.3. The number of ether oxygens (including phenoxy) is 3. The van der Waals surface area contributed by atoms with Crippen LogP contribution in [0.4, 0.5) is 18.9 Å². The van der Waals surface area contributed by atoms with Gasteiger partial charge in [0, 0.05) is 56.4 Å². The molecule has 0 radical (unpaired) electrons. The van der Waals surface area contributed by atoms with Crippen LogP contribution in [0.25, 0.3) is 10.9 Å². The molecule has 1 fully saturated rings. The first kappa shape index (κ1) is 32.6. The van der Waals surface area contributed by atoms with Crippen molar-refractivity contribution in [2.75, 3.05) is 58.2 Å². The molecule has 2 aliphatic rings. The number of nitrogens with one attached hydrogen (secondary N) is 1. The normalized spacial score (nSPS) is 18.3. The first-order valence-corrected chi connectivity index (χ1v) is 16.2. The standard InChI is InChI=1S/C32H37F3N4O5S/c1-22-8-9-26(32(33,34)35)31(18-22)45(40,41)37-23-6-4-7-24(19-23)44-28-10-11-36-27-21-30(29(42-3)20-25(27)28)43-17-5-12-39-15-13-38(2)14-16-39/h4,6-11,19-22,37H,5,12-18H2,1-3H3. The van der Waals surface area contributed by atoms with Crippen molar-refractivity contribution in [3.63, 3.8) is 0 Å². The predicted molar refractivity (Wildman–Crippen MR) is 167 cm³/mol. The number of fused-ring (bicyclic) bond motifs is 1. The number of halogens is 3. The molecule has 1 aromatic heterocycles. The van der Waals surface area contributed by atoms with Crippen molar-refractivity contribution in [3.8, 4) is 23.0 Å². The first-order valence-electron chi connectivity index (χ1n) is 14.7. The van der Waals surface area contributed by atoms with Gasteiger partial charge in [0.25, 0.3) is 10.0 Å². The van der Waals surface area contributed by atoms with Crippen LogP contribution in [0, 0.1) is 5.92 Å². The molecule has 242 valence electrons. The fraction of sp³-hybridized carbons (Fsp3) is 0.406. The van der Waals surface area contributed by atoms with Gasteiger partial charge in [0.05, 0.1) is 35.4 Å². The molecule has 0 bridgehead atoms. The Morgan fingerprint density at radius 2 is 1.82 bits per heavy atom. The highest BCUT2D eigenvalue weighted by Crippen LogP contribution is 2.39. The van der Waals surface area contributed by atoms with E-state index in [1.165, 1.54) is 18.2 Å². The number of hydrogen-bond donors (Lipinski definition) is 1. The zero-order valence-corrected chi connectivity index (χ0v) is 26.2. The number of piperazine rings is 1. The van der Waals surface area contributed by atoms with Gasteiger partial charge in [-0.05, 0) is 50.1 Å². The molecule has 0 amide bonds. The van der Waals surface area contributed by atoms with Crippen molar-refractivity contribution in [2.24, 2.45) is 5.92 Å². The van der Waals surface area contributed by atoms with E-state index in [0.29, 0.717) is 34.8 Å². The molecule has 1 aliphatic heterocycles. The Kier molecular flexibility index (Phi) is 9.90. The monoisotopic (exact) mass is 646 g/mol. The topological polar surface area (TPSA) is 93.2 Å². The summed E-state index contributed by atoms with van der Waals surface area (Å²) < 4.78 is 87.1. The van der Waals surface area contributed by atoms with E-state index >= 15 is 0 Å². The smallest absolute Gasteiger partial charge is 0.417 e. The van der Waals surface area contributed by atoms with Gasteiger partial charge in [-0.3, -0.25) is 9.71 Å². The number of benzene rings is 2. The molecule has 1 atom stereocenters. The molecule has 2 heterocycles. The molecule has 5 rings (SSSR count). The zero-order valence-electron chi connectivity index (χ0n) is 25.4. The van der Waals surface area contributed by atoms with Gasteiger partial charge in [-0.1, -0.05) is 25.1 Å². The number of hydrogen-bond acceptors (Lipinski definition) is 8. The van der Waals surface area contributed by atoms with Gasteiger partial charge in [-0.2, -0.15) is 13.2 Å². The molecule has 0 saturated carbocycles. The molecule has 13 heteroatoms. The summed E-state index contributed by atoms with van der Waals surface area (Å²) in [7, 11) is -0.821. The van der Waals surface area contributed by atoms with E-state index in [0.717, 1.165) is 45.2 Å². The third-order valence-corrected chi connectivity index (χ3v) is 9.34. The molecule has 2 aromatic carbocycles. The molecule has 45 heavy (non-hydrogen) atoms. The summed E-state index contributed by atoms with van der Waals surface area (Å²) in [4.78, 5) is 8.51. The minimum Gasteiger partial charge on any atom is -0.493 e. The maximum atomic E-state index is 13.6. The Bertz CT molecular complexity index is 1690. The van der Waals surface area contributed by atoms with Gasteiger partial charge >= 0.3 is 6.18 Å². The largest absolute Gasteiger partial charge is 0.493 e. The van der Waals surface area contributed by atoms with Crippen LogP contribution in [0.2, 0.25) is 0 Å². The Hall–Kier alpha value is -3.81. The highest BCUT2D eigenvalue weighted by molar-refractivity contribution is 7.96. The second kappa shape index (κ2) is 13.7. The SMILES string of the molecule is COc1cc2c(Oc3cccc(NS(=O)(=O)C4=C(C(F)(F)F)C=CC(C)C4)c3)ccnc2cc1OCCCN1CCN(C)CC1. The van der Waals surface area contributed by atoms with Crippen molar-refractivity contribution in [1.82, 2.24) is 14.8 Å². The Labute approximate surface area is 261 Å². The Morgan fingerprint density at radius 3 is 2.56 bits per heavy atom. The number of pyridine rings is 1. The van der Waals surface area contributed by atoms with Crippen LogP contribution >= 0.6 is 0 Å². The lowest BCUT2D eigenvalue weighted by Crippen LogP contribution is -2.44. The molecule has 0 spiro atoms. The minimum absolute atomic E-state index is 0.0620. The number of sulfonamides is 1. The number of methoxy groups -OCH3 is 1. The van der Waals surface area contributed by atoms with E-state index in [-0.39, 0.29) is 23.8 Å². The van der Waals surface area contributed by atoms with Crippen LogP contribution in [0.5, 0.6) is 23.0 Å². The van der Waals surface area contributed by atoms with Crippen molar-refractivity contribution < 1.29 is 35.8 Å². The van der Waals surface area contributed by atoms with Crippen molar-refractivity contribution in [3.05, 3.63) is 71.3 Å². The summed E-state index contributed by atoms with van der Waals surface area (Å²) in [5.41, 5.74) is -0.506. The van der Waals surface area contributed by atoms with Crippen LogP contribution in [0.3, 0.4) is 0 Å². The van der Waals surface area contributed by atoms with Gasteiger partial charge in [-0.15, -0.1) is 0 Å². The highest BCUT2D eigenvalue weighted by atomic mass is 32.2. The van der Waals surface area contributed by atoms with E-state index in [9.17, 15) is 21.6 Å².